The second-order valence-electron chi connectivity index (χ2n) is 4.41. The van der Waals surface area contributed by atoms with Gasteiger partial charge in [0.1, 0.15) is 0 Å². The van der Waals surface area contributed by atoms with Crippen LogP contribution in [0.15, 0.2) is 24.3 Å². The van der Waals surface area contributed by atoms with Crippen molar-refractivity contribution in [2.45, 2.75) is 20.0 Å². The molecule has 0 radical (unpaired) electrons. The van der Waals surface area contributed by atoms with Crippen molar-refractivity contribution in [1.29, 1.82) is 0 Å². The van der Waals surface area contributed by atoms with E-state index in [0.29, 0.717) is 5.69 Å². The average molecular weight is 295 g/mol. The molecule has 0 aliphatic carbocycles. The predicted octanol–water partition coefficient (Wildman–Crippen LogP) is 1.10. The van der Waals surface area contributed by atoms with E-state index < -0.39 is 18.1 Å². The van der Waals surface area contributed by atoms with Gasteiger partial charge in [-0.1, -0.05) is 0 Å². The molecule has 7 nitrogen and oxygen atoms in total. The number of aliphatic carboxylic acids is 1. The van der Waals surface area contributed by atoms with Crippen molar-refractivity contribution in [3.8, 4) is 0 Å². The van der Waals surface area contributed by atoms with E-state index in [4.69, 9.17) is 10.2 Å². The second kappa shape index (κ2) is 8.11. The van der Waals surface area contributed by atoms with Crippen molar-refractivity contribution < 1.29 is 19.8 Å². The van der Waals surface area contributed by atoms with E-state index in [0.717, 1.165) is 18.8 Å². The molecule has 1 rings (SSSR count). The van der Waals surface area contributed by atoms with E-state index in [1.165, 1.54) is 0 Å². The molecule has 2 amide bonds. The Hall–Kier alpha value is -2.28. The Morgan fingerprint density at radius 1 is 1.19 bits per heavy atom. The highest BCUT2D eigenvalue weighted by Gasteiger charge is 2.14. The highest BCUT2D eigenvalue weighted by molar-refractivity contribution is 5.89. The van der Waals surface area contributed by atoms with Crippen molar-refractivity contribution in [2.75, 3.05) is 29.9 Å². The number of benzene rings is 1. The van der Waals surface area contributed by atoms with Gasteiger partial charge in [0.2, 0.25) is 0 Å². The Bertz CT molecular complexity index is 472. The molecule has 1 aromatic carbocycles. The first kappa shape index (κ1) is 16.8. The zero-order valence-corrected chi connectivity index (χ0v) is 12.2. The van der Waals surface area contributed by atoms with Gasteiger partial charge in [-0.15, -0.1) is 0 Å². The highest BCUT2D eigenvalue weighted by Crippen LogP contribution is 2.17. The third-order valence-electron chi connectivity index (χ3n) is 2.99. The Morgan fingerprint density at radius 2 is 1.76 bits per heavy atom. The monoisotopic (exact) mass is 295 g/mol. The minimum atomic E-state index is -1.61. The molecule has 0 bridgehead atoms. The number of aliphatic hydroxyl groups excluding tert-OH is 1. The smallest absolute Gasteiger partial charge is 0.334 e. The van der Waals surface area contributed by atoms with Gasteiger partial charge in [-0.2, -0.15) is 0 Å². The van der Waals surface area contributed by atoms with Gasteiger partial charge >= 0.3 is 12.0 Å². The van der Waals surface area contributed by atoms with Gasteiger partial charge in [0.15, 0.2) is 6.10 Å². The number of carbonyl (C=O) groups is 2. The molecule has 0 heterocycles. The maximum atomic E-state index is 11.5. The van der Waals surface area contributed by atoms with Crippen LogP contribution in [0.4, 0.5) is 16.2 Å². The van der Waals surface area contributed by atoms with Crippen LogP contribution in [0.2, 0.25) is 0 Å². The van der Waals surface area contributed by atoms with Crippen LogP contribution in [-0.2, 0) is 4.79 Å². The van der Waals surface area contributed by atoms with Crippen LogP contribution in [0.3, 0.4) is 0 Å². The number of carboxylic acids is 1. The summed E-state index contributed by atoms with van der Waals surface area (Å²) in [6, 6.07) is 6.76. The molecule has 0 saturated heterocycles. The fraction of sp³-hybridized carbons (Fsp3) is 0.429. The third kappa shape index (κ3) is 5.31. The molecule has 1 atom stereocenters. The van der Waals surface area contributed by atoms with Crippen LogP contribution < -0.4 is 15.5 Å². The lowest BCUT2D eigenvalue weighted by atomic mass is 10.2. The van der Waals surface area contributed by atoms with Crippen molar-refractivity contribution in [3.05, 3.63) is 24.3 Å². The summed E-state index contributed by atoms with van der Waals surface area (Å²) in [4.78, 5) is 24.1. The minimum Gasteiger partial charge on any atom is -0.479 e. The van der Waals surface area contributed by atoms with E-state index in [2.05, 4.69) is 29.4 Å². The lowest BCUT2D eigenvalue weighted by Crippen LogP contribution is -2.38. The molecule has 7 heteroatoms. The predicted molar refractivity (Wildman–Crippen MR) is 80.7 cm³/mol. The number of nitrogens with one attached hydrogen (secondary N) is 2. The topological polar surface area (TPSA) is 102 Å². The van der Waals surface area contributed by atoms with Gasteiger partial charge in [-0.05, 0) is 38.1 Å². The van der Waals surface area contributed by atoms with Crippen molar-refractivity contribution >= 4 is 23.4 Å². The standard InChI is InChI=1S/C14H21N3O4/c1-3-17(4-2)11-7-5-10(6-8-11)16-14(21)15-9-12(18)13(19)20/h5-8,12,18H,3-4,9H2,1-2H3,(H,19,20)(H2,15,16,21)/t12-/m0/s1. The summed E-state index contributed by atoms with van der Waals surface area (Å²) in [6.45, 7) is 5.58. The number of hydrogen-bond acceptors (Lipinski definition) is 4. The molecular weight excluding hydrogens is 274 g/mol. The Kier molecular flexibility index (Phi) is 6.48. The fourth-order valence-electron chi connectivity index (χ4n) is 1.80. The zero-order valence-electron chi connectivity index (χ0n) is 12.2. The number of aliphatic hydroxyl groups is 1. The minimum absolute atomic E-state index is 0.349. The van der Waals surface area contributed by atoms with Gasteiger partial charge in [0.25, 0.3) is 0 Å². The Morgan fingerprint density at radius 3 is 2.24 bits per heavy atom. The molecule has 0 unspecified atom stereocenters. The van der Waals surface area contributed by atoms with Crippen molar-refractivity contribution in [3.63, 3.8) is 0 Å². The average Bonchev–Trinajstić information content (AvgIpc) is 2.47. The number of carboxylic acid groups (broad SMARTS) is 1. The van der Waals surface area contributed by atoms with Crippen LogP contribution in [0.25, 0.3) is 0 Å². The molecule has 0 saturated carbocycles. The maximum absolute atomic E-state index is 11.5. The second-order valence-corrected chi connectivity index (χ2v) is 4.41. The van der Waals surface area contributed by atoms with Gasteiger partial charge < -0.3 is 25.7 Å². The summed E-state index contributed by atoms with van der Waals surface area (Å²) in [5.74, 6) is -1.38. The van der Waals surface area contributed by atoms with E-state index in [9.17, 15) is 9.59 Å². The quantitative estimate of drug-likeness (QED) is 0.603. The summed E-state index contributed by atoms with van der Waals surface area (Å²) in [7, 11) is 0. The van der Waals surface area contributed by atoms with Gasteiger partial charge in [0, 0.05) is 24.5 Å². The van der Waals surface area contributed by atoms with Crippen LogP contribution in [0.5, 0.6) is 0 Å². The number of hydrogen-bond donors (Lipinski definition) is 4. The summed E-state index contributed by atoms with van der Waals surface area (Å²) >= 11 is 0. The Labute approximate surface area is 123 Å². The number of carbonyl (C=O) groups excluding carboxylic acids is 1. The van der Waals surface area contributed by atoms with Crippen LogP contribution >= 0.6 is 0 Å². The van der Waals surface area contributed by atoms with E-state index in [1.54, 1.807) is 12.1 Å². The van der Waals surface area contributed by atoms with Crippen LogP contribution in [0.1, 0.15) is 13.8 Å². The number of urea groups is 1. The lowest BCUT2D eigenvalue weighted by Gasteiger charge is -2.21. The van der Waals surface area contributed by atoms with E-state index >= 15 is 0 Å². The normalized spacial score (nSPS) is 11.6. The summed E-state index contributed by atoms with van der Waals surface area (Å²) in [5, 5.41) is 22.4. The SMILES string of the molecule is CCN(CC)c1ccc(NC(=O)NC[C@H](O)C(=O)O)cc1. The molecule has 4 N–H and O–H groups in total. The number of amides is 2. The number of nitrogens with zero attached hydrogens (tertiary/aromatic N) is 1. The largest absolute Gasteiger partial charge is 0.479 e. The van der Waals surface area contributed by atoms with Crippen LogP contribution in [-0.4, -0.2) is 48.0 Å². The van der Waals surface area contributed by atoms with Crippen molar-refractivity contribution in [1.82, 2.24) is 5.32 Å². The molecule has 0 aromatic heterocycles. The summed E-state index contributed by atoms with van der Waals surface area (Å²) < 4.78 is 0. The fourth-order valence-corrected chi connectivity index (χ4v) is 1.80. The molecular formula is C14H21N3O4. The van der Waals surface area contributed by atoms with Gasteiger partial charge in [0.05, 0.1) is 6.54 Å². The number of anilines is 2. The molecule has 0 aliphatic rings. The first-order chi connectivity index (χ1) is 9.97. The molecule has 116 valence electrons. The first-order valence-electron chi connectivity index (χ1n) is 6.78. The first-order valence-corrected chi connectivity index (χ1v) is 6.78. The Balaban J connectivity index is 2.51. The zero-order chi connectivity index (χ0) is 15.8. The lowest BCUT2D eigenvalue weighted by molar-refractivity contribution is -0.146. The number of rotatable bonds is 7. The summed E-state index contributed by atoms with van der Waals surface area (Å²) in [6.07, 6.45) is -1.61. The van der Waals surface area contributed by atoms with Gasteiger partial charge in [-0.25, -0.2) is 9.59 Å². The maximum Gasteiger partial charge on any atom is 0.334 e. The third-order valence-corrected chi connectivity index (χ3v) is 2.99. The molecule has 1 aromatic rings. The molecule has 0 fully saturated rings. The van der Waals surface area contributed by atoms with Crippen molar-refractivity contribution in [2.24, 2.45) is 0 Å². The molecule has 0 spiro atoms. The van der Waals surface area contributed by atoms with Gasteiger partial charge in [-0.3, -0.25) is 0 Å². The molecule has 0 aliphatic heterocycles. The summed E-state index contributed by atoms with van der Waals surface area (Å²) in [5.41, 5.74) is 1.65. The van der Waals surface area contributed by atoms with Crippen LogP contribution in [0, 0.1) is 0 Å². The highest BCUT2D eigenvalue weighted by atomic mass is 16.4. The van der Waals surface area contributed by atoms with E-state index in [1.807, 2.05) is 12.1 Å². The van der Waals surface area contributed by atoms with E-state index in [-0.39, 0.29) is 6.54 Å². The molecule has 21 heavy (non-hydrogen) atoms.